The van der Waals surface area contributed by atoms with Crippen LogP contribution in [0.2, 0.25) is 5.15 Å². The number of anilines is 1. The normalized spacial score (nSPS) is 10.3. The minimum Gasteiger partial charge on any atom is -0.353 e. The third kappa shape index (κ3) is 2.74. The zero-order valence-electron chi connectivity index (χ0n) is 9.89. The Labute approximate surface area is 106 Å². The lowest BCUT2D eigenvalue weighted by molar-refractivity contribution is 0.883. The number of hydrogen-bond donors (Lipinski definition) is 0. The largest absolute Gasteiger partial charge is 0.353 e. The number of aromatic nitrogens is 2. The van der Waals surface area contributed by atoms with E-state index in [0.717, 1.165) is 6.54 Å². The number of hydrogen-bond acceptors (Lipinski definition) is 3. The van der Waals surface area contributed by atoms with E-state index in [-0.39, 0.29) is 0 Å². The smallest absolute Gasteiger partial charge is 0.171 e. The van der Waals surface area contributed by atoms with Crippen molar-refractivity contribution < 1.29 is 0 Å². The Morgan fingerprint density at radius 1 is 1.18 bits per heavy atom. The first-order valence-corrected chi connectivity index (χ1v) is 5.78. The van der Waals surface area contributed by atoms with Gasteiger partial charge < -0.3 is 4.90 Å². The van der Waals surface area contributed by atoms with E-state index in [4.69, 9.17) is 11.6 Å². The van der Waals surface area contributed by atoms with Gasteiger partial charge in [-0.25, -0.2) is 9.97 Å². The number of benzene rings is 1. The molecular weight excluding hydrogens is 234 g/mol. The standard InChI is InChI=1S/C13H14ClN3/c1-10-5-3-4-6-11(10)9-17(2)13-12(14)15-7-8-16-13/h3-8H,9H2,1-2H3. The van der Waals surface area contributed by atoms with Gasteiger partial charge in [0.1, 0.15) is 0 Å². The summed E-state index contributed by atoms with van der Waals surface area (Å²) in [6.07, 6.45) is 3.24. The van der Waals surface area contributed by atoms with Crippen molar-refractivity contribution in [3.63, 3.8) is 0 Å². The molecule has 0 spiro atoms. The molecule has 0 saturated carbocycles. The molecule has 0 unspecified atom stereocenters. The molecule has 2 aromatic rings. The molecule has 0 saturated heterocycles. The summed E-state index contributed by atoms with van der Waals surface area (Å²) < 4.78 is 0. The SMILES string of the molecule is Cc1ccccc1CN(C)c1nccnc1Cl. The van der Waals surface area contributed by atoms with Crippen molar-refractivity contribution in [3.05, 3.63) is 52.9 Å². The Hall–Kier alpha value is -1.61. The van der Waals surface area contributed by atoms with Crippen molar-refractivity contribution in [1.82, 2.24) is 9.97 Å². The van der Waals surface area contributed by atoms with Gasteiger partial charge in [-0.3, -0.25) is 0 Å². The van der Waals surface area contributed by atoms with Crippen molar-refractivity contribution in [2.75, 3.05) is 11.9 Å². The molecule has 2 rings (SSSR count). The zero-order chi connectivity index (χ0) is 12.3. The van der Waals surface area contributed by atoms with Gasteiger partial charge in [-0.15, -0.1) is 0 Å². The molecule has 4 heteroatoms. The van der Waals surface area contributed by atoms with Crippen LogP contribution in [0.25, 0.3) is 0 Å². The Morgan fingerprint density at radius 2 is 1.88 bits per heavy atom. The molecule has 1 aromatic carbocycles. The average Bonchev–Trinajstić information content (AvgIpc) is 2.32. The second-order valence-electron chi connectivity index (χ2n) is 3.95. The molecular formula is C13H14ClN3. The molecule has 0 radical (unpaired) electrons. The van der Waals surface area contributed by atoms with Crippen LogP contribution in [0.15, 0.2) is 36.7 Å². The molecule has 0 aliphatic rings. The average molecular weight is 248 g/mol. The Morgan fingerprint density at radius 3 is 2.59 bits per heavy atom. The van der Waals surface area contributed by atoms with Gasteiger partial charge in [0.2, 0.25) is 0 Å². The molecule has 0 aliphatic heterocycles. The summed E-state index contributed by atoms with van der Waals surface area (Å²) in [5, 5.41) is 0.434. The van der Waals surface area contributed by atoms with Crippen LogP contribution in [0, 0.1) is 6.92 Å². The van der Waals surface area contributed by atoms with E-state index in [1.807, 2.05) is 24.1 Å². The summed E-state index contributed by atoms with van der Waals surface area (Å²) in [4.78, 5) is 10.3. The Balaban J connectivity index is 2.20. The molecule has 0 N–H and O–H groups in total. The number of aryl methyl sites for hydroxylation is 1. The lowest BCUT2D eigenvalue weighted by Gasteiger charge is -2.19. The fraction of sp³-hybridized carbons (Fsp3) is 0.231. The topological polar surface area (TPSA) is 29.0 Å². The van der Waals surface area contributed by atoms with Crippen molar-refractivity contribution in [2.45, 2.75) is 13.5 Å². The fourth-order valence-corrected chi connectivity index (χ4v) is 1.94. The van der Waals surface area contributed by atoms with Crippen molar-refractivity contribution in [3.8, 4) is 0 Å². The van der Waals surface area contributed by atoms with Crippen LogP contribution in [0.3, 0.4) is 0 Å². The molecule has 1 aromatic heterocycles. The molecule has 0 amide bonds. The number of halogens is 1. The quantitative estimate of drug-likeness (QED) is 0.835. The van der Waals surface area contributed by atoms with E-state index >= 15 is 0 Å². The Bertz CT molecular complexity index is 514. The summed E-state index contributed by atoms with van der Waals surface area (Å²) in [7, 11) is 1.96. The van der Waals surface area contributed by atoms with Crippen LogP contribution in [-0.2, 0) is 6.54 Å². The monoisotopic (exact) mass is 247 g/mol. The Kier molecular flexibility index (Phi) is 3.59. The van der Waals surface area contributed by atoms with Crippen LogP contribution >= 0.6 is 11.6 Å². The highest BCUT2D eigenvalue weighted by Gasteiger charge is 2.09. The maximum absolute atomic E-state index is 6.01. The molecule has 1 heterocycles. The highest BCUT2D eigenvalue weighted by atomic mass is 35.5. The second kappa shape index (κ2) is 5.15. The van der Waals surface area contributed by atoms with Crippen molar-refractivity contribution >= 4 is 17.4 Å². The third-order valence-electron chi connectivity index (χ3n) is 2.67. The summed E-state index contributed by atoms with van der Waals surface area (Å²) >= 11 is 6.01. The highest BCUT2D eigenvalue weighted by Crippen LogP contribution is 2.21. The molecule has 0 atom stereocenters. The van der Waals surface area contributed by atoms with Gasteiger partial charge in [0.05, 0.1) is 0 Å². The fourth-order valence-electron chi connectivity index (χ4n) is 1.69. The first-order chi connectivity index (χ1) is 8.18. The van der Waals surface area contributed by atoms with Gasteiger partial charge in [-0.2, -0.15) is 0 Å². The van der Waals surface area contributed by atoms with Gasteiger partial charge in [0.15, 0.2) is 11.0 Å². The van der Waals surface area contributed by atoms with Crippen molar-refractivity contribution in [1.29, 1.82) is 0 Å². The van der Waals surface area contributed by atoms with Crippen LogP contribution in [0.1, 0.15) is 11.1 Å². The summed E-state index contributed by atoms with van der Waals surface area (Å²) in [5.41, 5.74) is 2.52. The molecule has 17 heavy (non-hydrogen) atoms. The van der Waals surface area contributed by atoms with Crippen molar-refractivity contribution in [2.24, 2.45) is 0 Å². The van der Waals surface area contributed by atoms with Crippen LogP contribution in [0.4, 0.5) is 5.82 Å². The molecule has 0 bridgehead atoms. The van der Waals surface area contributed by atoms with E-state index in [1.54, 1.807) is 12.4 Å². The van der Waals surface area contributed by atoms with Crippen LogP contribution in [-0.4, -0.2) is 17.0 Å². The summed E-state index contributed by atoms with van der Waals surface area (Å²) in [5.74, 6) is 0.706. The zero-order valence-corrected chi connectivity index (χ0v) is 10.6. The van der Waals surface area contributed by atoms with E-state index in [9.17, 15) is 0 Å². The van der Waals surface area contributed by atoms with E-state index in [0.29, 0.717) is 11.0 Å². The van der Waals surface area contributed by atoms with Crippen LogP contribution < -0.4 is 4.90 Å². The van der Waals surface area contributed by atoms with Crippen LogP contribution in [0.5, 0.6) is 0 Å². The third-order valence-corrected chi connectivity index (χ3v) is 2.93. The minimum absolute atomic E-state index is 0.434. The number of nitrogens with zero attached hydrogens (tertiary/aromatic N) is 3. The van der Waals surface area contributed by atoms with Gasteiger partial charge in [-0.1, -0.05) is 35.9 Å². The highest BCUT2D eigenvalue weighted by molar-refractivity contribution is 6.31. The summed E-state index contributed by atoms with van der Waals surface area (Å²) in [6, 6.07) is 8.28. The lowest BCUT2D eigenvalue weighted by atomic mass is 10.1. The molecule has 88 valence electrons. The first-order valence-electron chi connectivity index (χ1n) is 5.40. The first kappa shape index (κ1) is 11.9. The lowest BCUT2D eigenvalue weighted by Crippen LogP contribution is -2.19. The predicted molar refractivity (Wildman–Crippen MR) is 70.3 cm³/mol. The predicted octanol–water partition coefficient (Wildman–Crippen LogP) is 3.07. The maximum Gasteiger partial charge on any atom is 0.171 e. The molecule has 0 fully saturated rings. The van der Waals surface area contributed by atoms with E-state index < -0.39 is 0 Å². The number of rotatable bonds is 3. The van der Waals surface area contributed by atoms with Gasteiger partial charge in [-0.05, 0) is 18.1 Å². The van der Waals surface area contributed by atoms with Gasteiger partial charge in [0, 0.05) is 26.0 Å². The molecule has 3 nitrogen and oxygen atoms in total. The van der Waals surface area contributed by atoms with Gasteiger partial charge in [0.25, 0.3) is 0 Å². The van der Waals surface area contributed by atoms with Gasteiger partial charge >= 0.3 is 0 Å². The minimum atomic E-state index is 0.434. The summed E-state index contributed by atoms with van der Waals surface area (Å²) in [6.45, 7) is 2.87. The molecule has 0 aliphatic carbocycles. The van der Waals surface area contributed by atoms with E-state index in [2.05, 4.69) is 29.0 Å². The van der Waals surface area contributed by atoms with E-state index in [1.165, 1.54) is 11.1 Å². The second-order valence-corrected chi connectivity index (χ2v) is 4.31. The maximum atomic E-state index is 6.01.